The summed E-state index contributed by atoms with van der Waals surface area (Å²) in [5.74, 6) is 1.45. The van der Waals surface area contributed by atoms with Gasteiger partial charge in [-0.2, -0.15) is 17.6 Å². The first kappa shape index (κ1) is 24.2. The number of alkyl halides is 3. The van der Waals surface area contributed by atoms with Gasteiger partial charge >= 0.3 is 6.18 Å². The quantitative estimate of drug-likeness (QED) is 0.410. The molecule has 3 aromatic rings. The first-order valence-corrected chi connectivity index (χ1v) is 12.2. The largest absolute Gasteiger partial charge is 0.497 e. The molecule has 1 aromatic heterocycles. The number of anilines is 2. The van der Waals surface area contributed by atoms with Crippen molar-refractivity contribution in [2.45, 2.75) is 12.7 Å². The maximum atomic E-state index is 14.5. The van der Waals surface area contributed by atoms with E-state index in [4.69, 9.17) is 9.47 Å². The van der Waals surface area contributed by atoms with Crippen LogP contribution in [0.25, 0.3) is 0 Å². The molecule has 0 aliphatic carbocycles. The molecular formula is C25H24F4N4O2S. The van der Waals surface area contributed by atoms with Crippen LogP contribution in [-0.2, 0) is 12.7 Å². The molecule has 190 valence electrons. The average Bonchev–Trinajstić information content (AvgIpc) is 3.26. The molecule has 2 aliphatic rings. The summed E-state index contributed by atoms with van der Waals surface area (Å²) in [6, 6.07) is 11.1. The minimum absolute atomic E-state index is 0.183. The zero-order valence-electron chi connectivity index (χ0n) is 19.7. The zero-order chi connectivity index (χ0) is 25.4. The molecule has 0 radical (unpaired) electrons. The van der Waals surface area contributed by atoms with E-state index in [1.807, 2.05) is 29.2 Å². The highest BCUT2D eigenvalue weighted by atomic mass is 32.1. The van der Waals surface area contributed by atoms with Gasteiger partial charge in [0.2, 0.25) is 11.1 Å². The van der Waals surface area contributed by atoms with Crippen LogP contribution in [0, 0.1) is 5.13 Å². The maximum absolute atomic E-state index is 14.5. The summed E-state index contributed by atoms with van der Waals surface area (Å²) >= 11 is 0.934. The minimum atomic E-state index is -4.52. The van der Waals surface area contributed by atoms with E-state index in [-0.39, 0.29) is 23.7 Å². The molecule has 0 N–H and O–H groups in total. The number of nitrogens with zero attached hydrogens (tertiary/aromatic N) is 4. The van der Waals surface area contributed by atoms with Crippen LogP contribution in [0.1, 0.15) is 11.1 Å². The lowest BCUT2D eigenvalue weighted by Crippen LogP contribution is -2.54. The molecule has 2 aromatic carbocycles. The van der Waals surface area contributed by atoms with Crippen LogP contribution in [0.4, 0.5) is 34.6 Å². The lowest BCUT2D eigenvalue weighted by atomic mass is 10.1. The standard InChI is InChI=1S/C25H24F4N4O2S/c1-34-19-5-3-4-18(13-19)31-8-10-32(11-9-31)24-30-22-16(15-36-23(22)26)14-33(24)20-12-17(25(27,28)29)6-7-21(20)35-2/h3-7,12-13,15H,8-11,14H2,1-2H3. The van der Waals surface area contributed by atoms with E-state index < -0.39 is 16.9 Å². The highest BCUT2D eigenvalue weighted by Crippen LogP contribution is 2.41. The van der Waals surface area contributed by atoms with Crippen LogP contribution < -0.4 is 19.3 Å². The van der Waals surface area contributed by atoms with Gasteiger partial charge in [-0.05, 0) is 30.3 Å². The number of ether oxygens (including phenoxy) is 2. The number of aliphatic imine (C=N–C) groups is 1. The zero-order valence-corrected chi connectivity index (χ0v) is 20.5. The summed E-state index contributed by atoms with van der Waals surface area (Å²) in [7, 11) is 3.03. The molecule has 1 fully saturated rings. The number of hydrogen-bond donors (Lipinski definition) is 0. The lowest BCUT2D eigenvalue weighted by molar-refractivity contribution is -0.137. The van der Waals surface area contributed by atoms with Crippen LogP contribution in [0.3, 0.4) is 0 Å². The first-order valence-electron chi connectivity index (χ1n) is 11.3. The third kappa shape index (κ3) is 4.55. The molecule has 0 bridgehead atoms. The second-order valence-electron chi connectivity index (χ2n) is 8.44. The second kappa shape index (κ2) is 9.53. The summed E-state index contributed by atoms with van der Waals surface area (Å²) in [5, 5.41) is 1.24. The van der Waals surface area contributed by atoms with Crippen molar-refractivity contribution in [1.29, 1.82) is 0 Å². The van der Waals surface area contributed by atoms with Crippen molar-refractivity contribution < 1.29 is 27.0 Å². The molecule has 2 aliphatic heterocycles. The van der Waals surface area contributed by atoms with Crippen LogP contribution in [0.15, 0.2) is 52.8 Å². The van der Waals surface area contributed by atoms with Crippen LogP contribution in [0.2, 0.25) is 0 Å². The number of methoxy groups -OCH3 is 2. The third-order valence-corrected chi connectivity index (χ3v) is 7.16. The van der Waals surface area contributed by atoms with Crippen LogP contribution in [-0.4, -0.2) is 51.3 Å². The van der Waals surface area contributed by atoms with Gasteiger partial charge in [0.05, 0.1) is 32.0 Å². The summed E-state index contributed by atoms with van der Waals surface area (Å²) in [6.07, 6.45) is -4.52. The van der Waals surface area contributed by atoms with Gasteiger partial charge in [0.25, 0.3) is 0 Å². The summed E-state index contributed by atoms with van der Waals surface area (Å²) in [4.78, 5) is 10.5. The SMILES string of the molecule is COc1cccc(N2CCN(C3=Nc4c(csc4F)CN3c3cc(C(F)(F)F)ccc3OC)CC2)c1. The molecule has 6 nitrogen and oxygen atoms in total. The van der Waals surface area contributed by atoms with Crippen molar-refractivity contribution in [3.8, 4) is 11.5 Å². The number of benzene rings is 2. The summed E-state index contributed by atoms with van der Waals surface area (Å²) in [6.45, 7) is 2.59. The van der Waals surface area contributed by atoms with Crippen LogP contribution in [0.5, 0.6) is 11.5 Å². The van der Waals surface area contributed by atoms with Gasteiger partial charge in [0.15, 0.2) is 0 Å². The second-order valence-corrected chi connectivity index (χ2v) is 9.27. The Morgan fingerprint density at radius 3 is 2.39 bits per heavy atom. The number of halogens is 4. The fraction of sp³-hybridized carbons (Fsp3) is 0.320. The number of hydrogen-bond acceptors (Lipinski definition) is 7. The number of piperazine rings is 1. The van der Waals surface area contributed by atoms with E-state index in [0.29, 0.717) is 37.7 Å². The molecule has 0 amide bonds. The maximum Gasteiger partial charge on any atom is 0.416 e. The lowest BCUT2D eigenvalue weighted by Gasteiger charge is -2.42. The Hall–Kier alpha value is -3.47. The van der Waals surface area contributed by atoms with Crippen molar-refractivity contribution in [1.82, 2.24) is 4.90 Å². The molecule has 1 saturated heterocycles. The summed E-state index contributed by atoms with van der Waals surface area (Å²) < 4.78 is 65.9. The minimum Gasteiger partial charge on any atom is -0.497 e. The highest BCUT2D eigenvalue weighted by molar-refractivity contribution is 7.08. The van der Waals surface area contributed by atoms with Crippen molar-refractivity contribution in [2.24, 2.45) is 4.99 Å². The normalized spacial score (nSPS) is 16.1. The molecule has 0 unspecified atom stereocenters. The molecule has 5 rings (SSSR count). The fourth-order valence-electron chi connectivity index (χ4n) is 4.47. The van der Waals surface area contributed by atoms with Gasteiger partial charge in [-0.25, -0.2) is 4.99 Å². The van der Waals surface area contributed by atoms with Crippen LogP contribution >= 0.6 is 11.3 Å². The first-order chi connectivity index (χ1) is 17.3. The Morgan fingerprint density at radius 1 is 0.944 bits per heavy atom. The molecule has 0 saturated carbocycles. The summed E-state index contributed by atoms with van der Waals surface area (Å²) in [5.41, 5.74) is 1.33. The van der Waals surface area contributed by atoms with Gasteiger partial charge in [0, 0.05) is 48.9 Å². The predicted molar refractivity (Wildman–Crippen MR) is 132 cm³/mol. The van der Waals surface area contributed by atoms with Gasteiger partial charge in [0.1, 0.15) is 17.2 Å². The van der Waals surface area contributed by atoms with Crippen molar-refractivity contribution in [2.75, 3.05) is 50.2 Å². The molecule has 3 heterocycles. The highest BCUT2D eigenvalue weighted by Gasteiger charge is 2.35. The molecule has 11 heteroatoms. The van der Waals surface area contributed by atoms with E-state index >= 15 is 0 Å². The number of guanidine groups is 1. The van der Waals surface area contributed by atoms with Gasteiger partial charge in [-0.1, -0.05) is 6.07 Å². The van der Waals surface area contributed by atoms with Gasteiger partial charge in [-0.15, -0.1) is 11.3 Å². The number of fused-ring (bicyclic) bond motifs is 1. The fourth-order valence-corrected chi connectivity index (χ4v) is 5.19. The Labute approximate surface area is 210 Å². The van der Waals surface area contributed by atoms with E-state index in [1.165, 1.54) is 13.2 Å². The predicted octanol–water partition coefficient (Wildman–Crippen LogP) is 5.75. The molecule has 36 heavy (non-hydrogen) atoms. The topological polar surface area (TPSA) is 40.5 Å². The molecule has 0 spiro atoms. The van der Waals surface area contributed by atoms with E-state index in [2.05, 4.69) is 9.89 Å². The van der Waals surface area contributed by atoms with E-state index in [1.54, 1.807) is 17.4 Å². The smallest absolute Gasteiger partial charge is 0.416 e. The number of rotatable bonds is 4. The van der Waals surface area contributed by atoms with E-state index in [9.17, 15) is 17.6 Å². The van der Waals surface area contributed by atoms with E-state index in [0.717, 1.165) is 34.9 Å². The molecule has 0 atom stereocenters. The average molecular weight is 521 g/mol. The third-order valence-electron chi connectivity index (χ3n) is 6.35. The van der Waals surface area contributed by atoms with Crippen molar-refractivity contribution in [3.05, 3.63) is 64.1 Å². The van der Waals surface area contributed by atoms with Gasteiger partial charge < -0.3 is 24.2 Å². The Balaban J connectivity index is 1.48. The Bertz CT molecular complexity index is 1290. The Kier molecular flexibility index (Phi) is 6.42. The van der Waals surface area contributed by atoms with Gasteiger partial charge in [-0.3, -0.25) is 0 Å². The number of thiophene rings is 1. The molecular weight excluding hydrogens is 496 g/mol. The Morgan fingerprint density at radius 2 is 1.69 bits per heavy atom. The van der Waals surface area contributed by atoms with Crippen molar-refractivity contribution >= 4 is 34.4 Å². The monoisotopic (exact) mass is 520 g/mol. The van der Waals surface area contributed by atoms with Crippen molar-refractivity contribution in [3.63, 3.8) is 0 Å².